The molecule has 1 aromatic rings. The summed E-state index contributed by atoms with van der Waals surface area (Å²) in [5.41, 5.74) is 0. The lowest BCUT2D eigenvalue weighted by atomic mass is 10.3. The number of ether oxygens (including phenoxy) is 1. The number of carbonyl (C=O) groups excluding carboxylic acids is 1. The van der Waals surface area contributed by atoms with Crippen LogP contribution in [0.5, 0.6) is 5.75 Å². The molecule has 15 heavy (non-hydrogen) atoms. The Bertz CT molecular complexity index is 306. The number of methoxy groups -OCH3 is 1. The zero-order chi connectivity index (χ0) is 11.1. The third-order valence-corrected chi connectivity index (χ3v) is 3.06. The molecule has 0 aliphatic heterocycles. The van der Waals surface area contributed by atoms with E-state index in [2.05, 4.69) is 0 Å². The molecule has 2 nitrogen and oxygen atoms in total. The highest BCUT2D eigenvalue weighted by Crippen LogP contribution is 2.21. The van der Waals surface area contributed by atoms with Crippen LogP contribution in [-0.4, -0.2) is 18.6 Å². The molecule has 0 saturated heterocycles. The van der Waals surface area contributed by atoms with Crippen molar-refractivity contribution in [1.29, 1.82) is 0 Å². The summed E-state index contributed by atoms with van der Waals surface area (Å²) in [6.07, 6.45) is 1.62. The first-order chi connectivity index (χ1) is 7.26. The van der Waals surface area contributed by atoms with Crippen LogP contribution in [0, 0.1) is 0 Å². The first-order valence-electron chi connectivity index (χ1n) is 5.04. The summed E-state index contributed by atoms with van der Waals surface area (Å²) in [6.45, 7) is 2.02. The van der Waals surface area contributed by atoms with Crippen LogP contribution in [0.1, 0.15) is 19.8 Å². The highest BCUT2D eigenvalue weighted by molar-refractivity contribution is 8.00. The number of hydrogen-bond acceptors (Lipinski definition) is 3. The SMILES string of the molecule is CCCC(=O)CSc1ccc(OC)cc1. The second-order valence-corrected chi connectivity index (χ2v) is 4.30. The quantitative estimate of drug-likeness (QED) is 0.694. The van der Waals surface area contributed by atoms with Crippen LogP contribution in [-0.2, 0) is 4.79 Å². The second kappa shape index (κ2) is 6.51. The molecule has 0 bridgehead atoms. The maximum absolute atomic E-state index is 11.3. The van der Waals surface area contributed by atoms with E-state index < -0.39 is 0 Å². The van der Waals surface area contributed by atoms with Gasteiger partial charge in [-0.1, -0.05) is 6.92 Å². The first kappa shape index (κ1) is 12.1. The summed E-state index contributed by atoms with van der Waals surface area (Å²) >= 11 is 1.58. The van der Waals surface area contributed by atoms with E-state index in [1.54, 1.807) is 18.9 Å². The molecular weight excluding hydrogens is 208 g/mol. The van der Waals surface area contributed by atoms with Gasteiger partial charge in [-0.15, -0.1) is 11.8 Å². The Balaban J connectivity index is 2.40. The first-order valence-corrected chi connectivity index (χ1v) is 6.03. The molecule has 0 heterocycles. The third kappa shape index (κ3) is 4.38. The molecule has 0 radical (unpaired) electrons. The highest BCUT2D eigenvalue weighted by atomic mass is 32.2. The molecule has 82 valence electrons. The minimum Gasteiger partial charge on any atom is -0.497 e. The van der Waals surface area contributed by atoms with Gasteiger partial charge in [0.25, 0.3) is 0 Å². The van der Waals surface area contributed by atoms with E-state index >= 15 is 0 Å². The maximum Gasteiger partial charge on any atom is 0.143 e. The molecule has 0 aliphatic rings. The fourth-order valence-corrected chi connectivity index (χ4v) is 1.99. The summed E-state index contributed by atoms with van der Waals surface area (Å²) in [4.78, 5) is 12.4. The smallest absolute Gasteiger partial charge is 0.143 e. The van der Waals surface area contributed by atoms with E-state index in [0.717, 1.165) is 17.1 Å². The van der Waals surface area contributed by atoms with Gasteiger partial charge >= 0.3 is 0 Å². The molecule has 0 aliphatic carbocycles. The summed E-state index contributed by atoms with van der Waals surface area (Å²) in [6, 6.07) is 7.77. The van der Waals surface area contributed by atoms with Crippen LogP contribution in [0.15, 0.2) is 29.2 Å². The predicted octanol–water partition coefficient (Wildman–Crippen LogP) is 3.16. The number of benzene rings is 1. The van der Waals surface area contributed by atoms with Crippen LogP contribution in [0.4, 0.5) is 0 Å². The lowest BCUT2D eigenvalue weighted by Crippen LogP contribution is -1.99. The Morgan fingerprint density at radius 3 is 2.53 bits per heavy atom. The molecule has 0 N–H and O–H groups in total. The van der Waals surface area contributed by atoms with Crippen molar-refractivity contribution in [3.05, 3.63) is 24.3 Å². The molecule has 1 aromatic carbocycles. The van der Waals surface area contributed by atoms with E-state index in [4.69, 9.17) is 4.74 Å². The Labute approximate surface area is 95.0 Å². The average Bonchev–Trinajstić information content (AvgIpc) is 2.27. The van der Waals surface area contributed by atoms with E-state index in [-0.39, 0.29) is 0 Å². The van der Waals surface area contributed by atoms with E-state index in [0.29, 0.717) is 18.0 Å². The number of carbonyl (C=O) groups is 1. The molecule has 3 heteroatoms. The monoisotopic (exact) mass is 224 g/mol. The van der Waals surface area contributed by atoms with Crippen molar-refractivity contribution in [2.45, 2.75) is 24.7 Å². The minimum absolute atomic E-state index is 0.318. The van der Waals surface area contributed by atoms with Crippen molar-refractivity contribution in [3.63, 3.8) is 0 Å². The number of thioether (sulfide) groups is 1. The van der Waals surface area contributed by atoms with Gasteiger partial charge in [0.1, 0.15) is 11.5 Å². The summed E-state index contributed by atoms with van der Waals surface area (Å²) in [5, 5.41) is 0. The number of Topliss-reactive ketones (excluding diaryl/α,β-unsaturated/α-hetero) is 1. The van der Waals surface area contributed by atoms with Gasteiger partial charge in [-0.05, 0) is 30.7 Å². The molecule has 0 amide bonds. The van der Waals surface area contributed by atoms with Crippen LogP contribution in [0.25, 0.3) is 0 Å². The van der Waals surface area contributed by atoms with Crippen molar-refractivity contribution in [3.8, 4) is 5.75 Å². The summed E-state index contributed by atoms with van der Waals surface area (Å²) < 4.78 is 5.06. The molecule has 0 fully saturated rings. The van der Waals surface area contributed by atoms with Crippen molar-refractivity contribution in [2.75, 3.05) is 12.9 Å². The summed E-state index contributed by atoms with van der Waals surface area (Å²) in [5.74, 6) is 1.73. The van der Waals surface area contributed by atoms with Gasteiger partial charge < -0.3 is 4.74 Å². The van der Waals surface area contributed by atoms with Crippen LogP contribution in [0.2, 0.25) is 0 Å². The normalized spacial score (nSPS) is 10.0. The summed E-state index contributed by atoms with van der Waals surface area (Å²) in [7, 11) is 1.65. The highest BCUT2D eigenvalue weighted by Gasteiger charge is 2.01. The Kier molecular flexibility index (Phi) is 5.26. The van der Waals surface area contributed by atoms with Gasteiger partial charge in [0.15, 0.2) is 0 Å². The molecular formula is C12H16O2S. The Morgan fingerprint density at radius 2 is 2.00 bits per heavy atom. The van der Waals surface area contributed by atoms with E-state index in [1.165, 1.54) is 0 Å². The van der Waals surface area contributed by atoms with Gasteiger partial charge in [0.2, 0.25) is 0 Å². The standard InChI is InChI=1S/C12H16O2S/c1-3-4-10(13)9-15-12-7-5-11(14-2)6-8-12/h5-8H,3-4,9H2,1-2H3. The van der Waals surface area contributed by atoms with Crippen LogP contribution >= 0.6 is 11.8 Å². The fourth-order valence-electron chi connectivity index (χ4n) is 1.19. The average molecular weight is 224 g/mol. The van der Waals surface area contributed by atoms with Gasteiger partial charge in [-0.3, -0.25) is 4.79 Å². The largest absolute Gasteiger partial charge is 0.497 e. The number of rotatable bonds is 6. The van der Waals surface area contributed by atoms with Crippen molar-refractivity contribution < 1.29 is 9.53 Å². The van der Waals surface area contributed by atoms with Crippen molar-refractivity contribution >= 4 is 17.5 Å². The van der Waals surface area contributed by atoms with Gasteiger partial charge in [0.05, 0.1) is 12.9 Å². The molecule has 0 atom stereocenters. The number of hydrogen-bond donors (Lipinski definition) is 0. The topological polar surface area (TPSA) is 26.3 Å². The van der Waals surface area contributed by atoms with Crippen molar-refractivity contribution in [2.24, 2.45) is 0 Å². The number of ketones is 1. The van der Waals surface area contributed by atoms with Gasteiger partial charge in [0, 0.05) is 11.3 Å². The fraction of sp³-hybridized carbons (Fsp3) is 0.417. The van der Waals surface area contributed by atoms with E-state index in [9.17, 15) is 4.79 Å². The third-order valence-electron chi connectivity index (χ3n) is 1.99. The zero-order valence-corrected chi connectivity index (χ0v) is 9.97. The lowest BCUT2D eigenvalue weighted by Gasteiger charge is -2.02. The van der Waals surface area contributed by atoms with Crippen molar-refractivity contribution in [1.82, 2.24) is 0 Å². The van der Waals surface area contributed by atoms with Gasteiger partial charge in [-0.2, -0.15) is 0 Å². The maximum atomic E-state index is 11.3. The Morgan fingerprint density at radius 1 is 1.33 bits per heavy atom. The molecule has 1 rings (SSSR count). The minimum atomic E-state index is 0.318. The lowest BCUT2D eigenvalue weighted by molar-refractivity contribution is -0.116. The molecule has 0 unspecified atom stereocenters. The van der Waals surface area contributed by atoms with E-state index in [1.807, 2.05) is 31.2 Å². The van der Waals surface area contributed by atoms with Gasteiger partial charge in [-0.25, -0.2) is 0 Å². The Hall–Kier alpha value is -0.960. The molecule has 0 aromatic heterocycles. The van der Waals surface area contributed by atoms with Crippen LogP contribution < -0.4 is 4.74 Å². The zero-order valence-electron chi connectivity index (χ0n) is 9.16. The molecule has 0 saturated carbocycles. The molecule has 0 spiro atoms. The predicted molar refractivity (Wildman–Crippen MR) is 63.6 cm³/mol. The van der Waals surface area contributed by atoms with Crippen LogP contribution in [0.3, 0.4) is 0 Å². The second-order valence-electron chi connectivity index (χ2n) is 3.25.